The highest BCUT2D eigenvalue weighted by Crippen LogP contribution is 2.20. The predicted octanol–water partition coefficient (Wildman–Crippen LogP) is 0.215. The quantitative estimate of drug-likeness (QED) is 0.630. The molecule has 10 nitrogen and oxygen atoms in total. The minimum absolute atomic E-state index is 0.0976. The van der Waals surface area contributed by atoms with Crippen molar-refractivity contribution in [3.05, 3.63) is 43.1 Å². The fraction of sp³-hybridized carbons (Fsp3) is 0.375. The molecule has 0 saturated carbocycles. The summed E-state index contributed by atoms with van der Waals surface area (Å²) < 4.78 is 30.6. The molecule has 3 aromatic heterocycles. The molecule has 0 aromatic carbocycles. The Labute approximate surface area is 157 Å². The molecule has 0 spiro atoms. The van der Waals surface area contributed by atoms with Crippen molar-refractivity contribution >= 4 is 15.8 Å². The molecule has 0 bridgehead atoms. The number of imidazole rings is 2. The van der Waals surface area contributed by atoms with Crippen LogP contribution in [0.2, 0.25) is 0 Å². The van der Waals surface area contributed by atoms with E-state index in [4.69, 9.17) is 0 Å². The van der Waals surface area contributed by atoms with Crippen LogP contribution in [0.15, 0.2) is 42.3 Å². The topological polar surface area (TPSA) is 102 Å². The number of nitrogens with zero attached hydrogens (tertiary/aromatic N) is 8. The highest BCUT2D eigenvalue weighted by molar-refractivity contribution is 7.89. The molecule has 4 rings (SSSR count). The molecule has 1 aliphatic rings. The molecule has 1 saturated heterocycles. The molecule has 1 fully saturated rings. The van der Waals surface area contributed by atoms with Gasteiger partial charge in [-0.05, 0) is 6.92 Å². The predicted molar refractivity (Wildman–Crippen MR) is 98.1 cm³/mol. The van der Waals surface area contributed by atoms with Crippen molar-refractivity contribution in [2.45, 2.75) is 11.9 Å². The average Bonchev–Trinajstić information content (AvgIpc) is 3.33. The van der Waals surface area contributed by atoms with Gasteiger partial charge in [0.05, 0.1) is 0 Å². The van der Waals surface area contributed by atoms with Crippen molar-refractivity contribution in [1.29, 1.82) is 0 Å². The summed E-state index contributed by atoms with van der Waals surface area (Å²) in [6.07, 6.45) is 8.23. The summed E-state index contributed by atoms with van der Waals surface area (Å²) in [4.78, 5) is 18.8. The monoisotopic (exact) mass is 388 g/mol. The number of sulfonamides is 1. The van der Waals surface area contributed by atoms with Crippen molar-refractivity contribution in [3.63, 3.8) is 0 Å². The van der Waals surface area contributed by atoms with Gasteiger partial charge >= 0.3 is 0 Å². The van der Waals surface area contributed by atoms with Crippen LogP contribution in [0.1, 0.15) is 5.82 Å². The molecule has 0 N–H and O–H groups in total. The number of rotatable bonds is 4. The van der Waals surface area contributed by atoms with Crippen LogP contribution in [-0.4, -0.2) is 68.0 Å². The lowest BCUT2D eigenvalue weighted by atomic mass is 10.3. The zero-order chi connectivity index (χ0) is 19.0. The Hall–Kier alpha value is -2.79. The van der Waals surface area contributed by atoms with Gasteiger partial charge in [-0.15, -0.1) is 0 Å². The van der Waals surface area contributed by atoms with E-state index in [2.05, 4.69) is 24.8 Å². The van der Waals surface area contributed by atoms with Crippen LogP contribution in [0.3, 0.4) is 0 Å². The Bertz CT molecular complexity index is 1020. The van der Waals surface area contributed by atoms with Crippen molar-refractivity contribution in [2.24, 2.45) is 7.05 Å². The first-order chi connectivity index (χ1) is 12.9. The maximum absolute atomic E-state index is 12.8. The SMILES string of the molecule is Cc1nc(S(=O)(=O)N2CCN(c3cc(-n4ccnc4)ncn3)CC2)cn1C. The smallest absolute Gasteiger partial charge is 0.262 e. The second-order valence-corrected chi connectivity index (χ2v) is 8.22. The van der Waals surface area contributed by atoms with Crippen molar-refractivity contribution in [2.75, 3.05) is 31.1 Å². The van der Waals surface area contributed by atoms with Crippen molar-refractivity contribution in [3.8, 4) is 5.82 Å². The van der Waals surface area contributed by atoms with Gasteiger partial charge < -0.3 is 9.47 Å². The van der Waals surface area contributed by atoms with Crippen LogP contribution >= 0.6 is 0 Å². The minimum Gasteiger partial charge on any atom is -0.354 e. The summed E-state index contributed by atoms with van der Waals surface area (Å²) >= 11 is 0. The number of anilines is 1. The lowest BCUT2D eigenvalue weighted by molar-refractivity contribution is 0.382. The van der Waals surface area contributed by atoms with Gasteiger partial charge in [0.1, 0.15) is 30.1 Å². The number of aryl methyl sites for hydroxylation is 2. The van der Waals surface area contributed by atoms with E-state index in [-0.39, 0.29) is 5.03 Å². The molecule has 142 valence electrons. The van der Waals surface area contributed by atoms with E-state index in [0.717, 1.165) is 11.6 Å². The normalized spacial score (nSPS) is 16.0. The summed E-state index contributed by atoms with van der Waals surface area (Å²) in [5.41, 5.74) is 0. The lowest BCUT2D eigenvalue weighted by Gasteiger charge is -2.34. The third kappa shape index (κ3) is 3.30. The zero-order valence-corrected chi connectivity index (χ0v) is 15.9. The Balaban J connectivity index is 1.48. The first-order valence-corrected chi connectivity index (χ1v) is 9.94. The Morgan fingerprint density at radius 2 is 1.81 bits per heavy atom. The second-order valence-electron chi connectivity index (χ2n) is 6.33. The number of hydrogen-bond acceptors (Lipinski definition) is 7. The molecule has 0 atom stereocenters. The molecule has 0 unspecified atom stereocenters. The van der Waals surface area contributed by atoms with Crippen LogP contribution < -0.4 is 4.90 Å². The average molecular weight is 388 g/mol. The third-order valence-corrected chi connectivity index (χ3v) is 6.43. The van der Waals surface area contributed by atoms with Gasteiger partial charge in [0.15, 0.2) is 5.03 Å². The van der Waals surface area contributed by atoms with Gasteiger partial charge in [0.25, 0.3) is 10.0 Å². The molecule has 0 radical (unpaired) electrons. The van der Waals surface area contributed by atoms with Gasteiger partial charge in [-0.25, -0.2) is 28.4 Å². The van der Waals surface area contributed by atoms with E-state index in [0.29, 0.717) is 32.0 Å². The van der Waals surface area contributed by atoms with Crippen molar-refractivity contribution < 1.29 is 8.42 Å². The second kappa shape index (κ2) is 6.74. The molecule has 11 heteroatoms. The molecular formula is C16H20N8O2S. The molecule has 27 heavy (non-hydrogen) atoms. The van der Waals surface area contributed by atoms with E-state index in [1.807, 2.05) is 12.3 Å². The van der Waals surface area contributed by atoms with Gasteiger partial charge in [-0.3, -0.25) is 4.57 Å². The van der Waals surface area contributed by atoms with Gasteiger partial charge in [-0.1, -0.05) is 0 Å². The Morgan fingerprint density at radius 1 is 1.07 bits per heavy atom. The molecule has 0 amide bonds. The third-order valence-electron chi connectivity index (χ3n) is 4.66. The molecule has 4 heterocycles. The summed E-state index contributed by atoms with van der Waals surface area (Å²) in [5.74, 6) is 2.15. The lowest BCUT2D eigenvalue weighted by Crippen LogP contribution is -2.49. The summed E-state index contributed by atoms with van der Waals surface area (Å²) in [7, 11) is -1.80. The minimum atomic E-state index is -3.58. The molecule has 1 aliphatic heterocycles. The number of hydrogen-bond donors (Lipinski definition) is 0. The van der Waals surface area contributed by atoms with Crippen LogP contribution in [0.4, 0.5) is 5.82 Å². The van der Waals surface area contributed by atoms with E-state index in [9.17, 15) is 8.42 Å². The van der Waals surface area contributed by atoms with Gasteiger partial charge in [0, 0.05) is 57.9 Å². The summed E-state index contributed by atoms with van der Waals surface area (Å²) in [6, 6.07) is 1.87. The highest BCUT2D eigenvalue weighted by atomic mass is 32.2. The van der Waals surface area contributed by atoms with Crippen LogP contribution in [-0.2, 0) is 17.1 Å². The zero-order valence-electron chi connectivity index (χ0n) is 15.1. The molecule has 3 aromatic rings. The Morgan fingerprint density at radius 3 is 2.44 bits per heavy atom. The van der Waals surface area contributed by atoms with Crippen LogP contribution in [0, 0.1) is 6.92 Å². The highest BCUT2D eigenvalue weighted by Gasteiger charge is 2.31. The maximum Gasteiger partial charge on any atom is 0.262 e. The first kappa shape index (κ1) is 17.6. The Kier molecular flexibility index (Phi) is 4.40. The van der Waals surface area contributed by atoms with Gasteiger partial charge in [0.2, 0.25) is 0 Å². The van der Waals surface area contributed by atoms with E-state index < -0.39 is 10.0 Å². The largest absolute Gasteiger partial charge is 0.354 e. The number of piperazine rings is 1. The molecular weight excluding hydrogens is 368 g/mol. The van der Waals surface area contributed by atoms with E-state index in [1.165, 1.54) is 10.6 Å². The van der Waals surface area contributed by atoms with Crippen LogP contribution in [0.5, 0.6) is 0 Å². The number of aromatic nitrogens is 6. The van der Waals surface area contributed by atoms with Crippen molar-refractivity contribution in [1.82, 2.24) is 33.4 Å². The van der Waals surface area contributed by atoms with E-state index in [1.54, 1.807) is 41.8 Å². The standard InChI is InChI=1S/C16H20N8O2S/c1-13-20-16(10-21(13)2)27(25,26)24-7-5-22(6-8-24)14-9-15(19-11-18-14)23-4-3-17-12-23/h3-4,9-12H,5-8H2,1-2H3. The first-order valence-electron chi connectivity index (χ1n) is 8.50. The summed E-state index contributed by atoms with van der Waals surface area (Å²) in [5, 5.41) is 0.0976. The summed E-state index contributed by atoms with van der Waals surface area (Å²) in [6.45, 7) is 3.63. The fourth-order valence-electron chi connectivity index (χ4n) is 2.99. The van der Waals surface area contributed by atoms with E-state index >= 15 is 0 Å². The van der Waals surface area contributed by atoms with Crippen LogP contribution in [0.25, 0.3) is 5.82 Å². The fourth-order valence-corrected chi connectivity index (χ4v) is 4.43. The maximum atomic E-state index is 12.8. The molecule has 0 aliphatic carbocycles. The van der Waals surface area contributed by atoms with Gasteiger partial charge in [-0.2, -0.15) is 4.31 Å².